The molecular weight excluding hydrogens is 178 g/mol. The maximum atomic E-state index is 10.5. The minimum absolute atomic E-state index is 0.438. The Bertz CT molecular complexity index is 244. The van der Waals surface area contributed by atoms with E-state index in [9.17, 15) is 4.79 Å². The number of aryl methyl sites for hydroxylation is 1. The topological polar surface area (TPSA) is 82.0 Å². The molecule has 0 radical (unpaired) electrons. The van der Waals surface area contributed by atoms with E-state index in [4.69, 9.17) is 5.73 Å². The average molecular weight is 197 g/mol. The Morgan fingerprint density at radius 3 is 2.07 bits per heavy atom. The van der Waals surface area contributed by atoms with Crippen molar-refractivity contribution in [1.29, 1.82) is 0 Å². The summed E-state index contributed by atoms with van der Waals surface area (Å²) in [5, 5.41) is 0. The molecule has 0 unspecified atom stereocenters. The normalized spacial score (nSPS) is 7.50. The van der Waals surface area contributed by atoms with Crippen molar-refractivity contribution in [2.24, 2.45) is 11.5 Å². The Kier molecular flexibility index (Phi) is 10.4. The first-order valence-electron chi connectivity index (χ1n) is 4.50. The number of amides is 1. The molecule has 0 bridgehead atoms. The van der Waals surface area contributed by atoms with Gasteiger partial charge in [0.1, 0.15) is 0 Å². The summed E-state index contributed by atoms with van der Waals surface area (Å²) in [5.74, 6) is -0.438. The summed E-state index contributed by atoms with van der Waals surface area (Å²) in [7, 11) is 1.50. The molecule has 0 aromatic carbocycles. The van der Waals surface area contributed by atoms with Crippen LogP contribution in [-0.2, 0) is 0 Å². The van der Waals surface area contributed by atoms with Gasteiger partial charge in [0.05, 0.1) is 5.56 Å². The largest absolute Gasteiger partial charge is 0.366 e. The summed E-state index contributed by atoms with van der Waals surface area (Å²) in [4.78, 5) is 14.4. The van der Waals surface area contributed by atoms with Crippen molar-refractivity contribution >= 4 is 5.91 Å². The number of hydrogen-bond acceptors (Lipinski definition) is 3. The number of aromatic nitrogens is 1. The maximum Gasteiger partial charge on any atom is 0.250 e. The smallest absolute Gasteiger partial charge is 0.250 e. The van der Waals surface area contributed by atoms with E-state index in [1.807, 2.05) is 20.8 Å². The van der Waals surface area contributed by atoms with Crippen LogP contribution in [0.3, 0.4) is 0 Å². The first-order chi connectivity index (χ1) is 6.70. The van der Waals surface area contributed by atoms with Crippen LogP contribution in [0.4, 0.5) is 0 Å². The quantitative estimate of drug-likeness (QED) is 0.707. The Labute approximate surface area is 85.3 Å². The predicted octanol–water partition coefficient (Wildman–Crippen LogP) is 1.09. The first kappa shape index (κ1) is 15.1. The average Bonchev–Trinajstić information content (AvgIpc) is 2.24. The van der Waals surface area contributed by atoms with Gasteiger partial charge in [0.25, 0.3) is 0 Å². The van der Waals surface area contributed by atoms with E-state index < -0.39 is 5.91 Å². The van der Waals surface area contributed by atoms with Crippen LogP contribution in [0.2, 0.25) is 0 Å². The summed E-state index contributed by atoms with van der Waals surface area (Å²) in [6.45, 7) is 5.85. The number of hydrogen-bond donors (Lipinski definition) is 2. The highest BCUT2D eigenvalue weighted by Gasteiger charge is 1.97. The molecule has 80 valence electrons. The molecule has 0 atom stereocenters. The fourth-order valence-electron chi connectivity index (χ4n) is 0.614. The number of carbonyl (C=O) groups excluding carboxylic acids is 1. The monoisotopic (exact) mass is 197 g/mol. The molecule has 0 fully saturated rings. The van der Waals surface area contributed by atoms with Crippen molar-refractivity contribution in [3.05, 3.63) is 29.6 Å². The van der Waals surface area contributed by atoms with Gasteiger partial charge in [-0.15, -0.1) is 0 Å². The molecule has 4 N–H and O–H groups in total. The molecule has 0 aliphatic rings. The van der Waals surface area contributed by atoms with Gasteiger partial charge in [-0.2, -0.15) is 0 Å². The molecule has 0 spiro atoms. The van der Waals surface area contributed by atoms with Gasteiger partial charge in [0.2, 0.25) is 5.91 Å². The number of nitrogens with zero attached hydrogens (tertiary/aromatic N) is 1. The Morgan fingerprint density at radius 2 is 1.79 bits per heavy atom. The van der Waals surface area contributed by atoms with Crippen LogP contribution in [-0.4, -0.2) is 17.9 Å². The summed E-state index contributed by atoms with van der Waals surface area (Å²) in [6.07, 6.45) is 1.47. The summed E-state index contributed by atoms with van der Waals surface area (Å²) < 4.78 is 0. The third-order valence-electron chi connectivity index (χ3n) is 1.20. The van der Waals surface area contributed by atoms with Crippen LogP contribution < -0.4 is 11.5 Å². The van der Waals surface area contributed by atoms with Gasteiger partial charge in [0, 0.05) is 11.9 Å². The second kappa shape index (κ2) is 9.67. The highest BCUT2D eigenvalue weighted by Crippen LogP contribution is 1.96. The fourth-order valence-corrected chi connectivity index (χ4v) is 0.614. The van der Waals surface area contributed by atoms with E-state index in [1.54, 1.807) is 12.1 Å². The predicted molar refractivity (Wildman–Crippen MR) is 59.0 cm³/mol. The second-order valence-electron chi connectivity index (χ2n) is 2.05. The van der Waals surface area contributed by atoms with Crippen molar-refractivity contribution in [3.63, 3.8) is 0 Å². The van der Waals surface area contributed by atoms with Crippen LogP contribution in [0.25, 0.3) is 0 Å². The summed E-state index contributed by atoms with van der Waals surface area (Å²) in [5.41, 5.74) is 10.8. The number of carbonyl (C=O) groups is 1. The first-order valence-corrected chi connectivity index (χ1v) is 4.50. The van der Waals surface area contributed by atoms with Crippen LogP contribution in [0.15, 0.2) is 18.3 Å². The zero-order valence-electron chi connectivity index (χ0n) is 9.24. The molecule has 0 saturated heterocycles. The summed E-state index contributed by atoms with van der Waals surface area (Å²) in [6, 6.07) is 3.41. The molecule has 0 aliphatic heterocycles. The van der Waals surface area contributed by atoms with Gasteiger partial charge in [-0.05, 0) is 26.1 Å². The van der Waals surface area contributed by atoms with Crippen molar-refractivity contribution < 1.29 is 4.79 Å². The van der Waals surface area contributed by atoms with Gasteiger partial charge in [-0.1, -0.05) is 13.8 Å². The molecular formula is C10H19N3O. The molecule has 0 aliphatic carbocycles. The van der Waals surface area contributed by atoms with Gasteiger partial charge in [0.15, 0.2) is 0 Å². The molecule has 1 rings (SSSR count). The van der Waals surface area contributed by atoms with Gasteiger partial charge in [-0.3, -0.25) is 9.78 Å². The van der Waals surface area contributed by atoms with Gasteiger partial charge < -0.3 is 11.5 Å². The Hall–Kier alpha value is -1.42. The van der Waals surface area contributed by atoms with Crippen LogP contribution in [0, 0.1) is 6.92 Å². The lowest BCUT2D eigenvalue weighted by atomic mass is 10.2. The van der Waals surface area contributed by atoms with Crippen molar-refractivity contribution in [1.82, 2.24) is 4.98 Å². The third-order valence-corrected chi connectivity index (χ3v) is 1.20. The molecule has 1 aromatic heterocycles. The molecule has 14 heavy (non-hydrogen) atoms. The summed E-state index contributed by atoms with van der Waals surface area (Å²) >= 11 is 0. The van der Waals surface area contributed by atoms with E-state index in [0.717, 1.165) is 5.69 Å². The van der Waals surface area contributed by atoms with E-state index in [2.05, 4.69) is 10.7 Å². The van der Waals surface area contributed by atoms with E-state index in [0.29, 0.717) is 5.56 Å². The second-order valence-corrected chi connectivity index (χ2v) is 2.05. The molecule has 1 heterocycles. The molecule has 0 saturated carbocycles. The molecule has 1 aromatic rings. The Balaban J connectivity index is 0. The standard InChI is InChI=1S/C7H8N2O.C2H6.CH5N/c1-5-2-3-6(4-9-5)7(8)10;2*1-2/h2-4H,1H3,(H2,8,10);1-2H3;2H2,1H3. The maximum absolute atomic E-state index is 10.5. The van der Waals surface area contributed by atoms with Crippen molar-refractivity contribution in [2.75, 3.05) is 7.05 Å². The zero-order chi connectivity index (χ0) is 11.6. The van der Waals surface area contributed by atoms with Gasteiger partial charge >= 0.3 is 0 Å². The lowest BCUT2D eigenvalue weighted by Crippen LogP contribution is -2.10. The van der Waals surface area contributed by atoms with E-state index in [1.165, 1.54) is 13.2 Å². The van der Waals surface area contributed by atoms with Crippen molar-refractivity contribution in [3.8, 4) is 0 Å². The Morgan fingerprint density at radius 1 is 1.29 bits per heavy atom. The number of nitrogens with two attached hydrogens (primary N) is 2. The third kappa shape index (κ3) is 6.14. The van der Waals surface area contributed by atoms with Crippen LogP contribution in [0.1, 0.15) is 29.9 Å². The van der Waals surface area contributed by atoms with Gasteiger partial charge in [-0.25, -0.2) is 0 Å². The van der Waals surface area contributed by atoms with Crippen LogP contribution >= 0.6 is 0 Å². The molecule has 4 nitrogen and oxygen atoms in total. The highest BCUT2D eigenvalue weighted by molar-refractivity contribution is 5.92. The lowest BCUT2D eigenvalue weighted by Gasteiger charge is -1.93. The molecule has 4 heteroatoms. The van der Waals surface area contributed by atoms with Crippen LogP contribution in [0.5, 0.6) is 0 Å². The SMILES string of the molecule is CC.CN.Cc1ccc(C(N)=O)cn1. The van der Waals surface area contributed by atoms with E-state index >= 15 is 0 Å². The minimum atomic E-state index is -0.438. The van der Waals surface area contributed by atoms with Crippen molar-refractivity contribution in [2.45, 2.75) is 20.8 Å². The number of primary amides is 1. The number of pyridine rings is 1. The minimum Gasteiger partial charge on any atom is -0.366 e. The van der Waals surface area contributed by atoms with E-state index in [-0.39, 0.29) is 0 Å². The number of rotatable bonds is 1. The highest BCUT2D eigenvalue weighted by atomic mass is 16.1. The zero-order valence-corrected chi connectivity index (χ0v) is 9.24. The molecule has 1 amide bonds. The lowest BCUT2D eigenvalue weighted by molar-refractivity contribution is 0.1000. The fraction of sp³-hybridized carbons (Fsp3) is 0.400.